The van der Waals surface area contributed by atoms with Crippen LogP contribution in [0.2, 0.25) is 0 Å². The molecule has 0 aliphatic carbocycles. The second-order valence-corrected chi connectivity index (χ2v) is 4.22. The molecule has 0 saturated carbocycles. The summed E-state index contributed by atoms with van der Waals surface area (Å²) in [5, 5.41) is 2.69. The molecule has 3 nitrogen and oxygen atoms in total. The minimum absolute atomic E-state index is 0.0935. The van der Waals surface area contributed by atoms with Crippen LogP contribution in [0.3, 0.4) is 0 Å². The van der Waals surface area contributed by atoms with Gasteiger partial charge in [-0.3, -0.25) is 9.59 Å². The molecule has 0 bridgehead atoms. The molecule has 0 fully saturated rings. The van der Waals surface area contributed by atoms with Gasteiger partial charge in [-0.25, -0.2) is 0 Å². The molecule has 0 aliphatic heterocycles. The zero-order chi connectivity index (χ0) is 12.8. The monoisotopic (exact) mass is 231 g/mol. The summed E-state index contributed by atoms with van der Waals surface area (Å²) in [4.78, 5) is 21.7. The summed E-state index contributed by atoms with van der Waals surface area (Å²) in [6, 6.07) is 7.38. The number of hydrogen-bond donors (Lipinski definition) is 1. The van der Waals surface area contributed by atoms with E-state index in [4.69, 9.17) is 0 Å². The van der Waals surface area contributed by atoms with Crippen LogP contribution in [0, 0.1) is 5.92 Å². The van der Waals surface area contributed by atoms with Gasteiger partial charge >= 0.3 is 0 Å². The van der Waals surface area contributed by atoms with Crippen LogP contribution in [0.25, 0.3) is 6.08 Å². The second-order valence-electron chi connectivity index (χ2n) is 4.22. The van der Waals surface area contributed by atoms with Gasteiger partial charge in [0.15, 0.2) is 0 Å². The number of benzene rings is 1. The van der Waals surface area contributed by atoms with Crippen LogP contribution in [0.1, 0.15) is 26.3 Å². The Morgan fingerprint density at radius 2 is 1.82 bits per heavy atom. The zero-order valence-corrected chi connectivity index (χ0v) is 10.4. The van der Waals surface area contributed by atoms with Crippen molar-refractivity contribution in [1.82, 2.24) is 0 Å². The molecule has 0 atom stereocenters. The number of carbonyl (C=O) groups is 2. The Morgan fingerprint density at radius 3 is 2.24 bits per heavy atom. The highest BCUT2D eigenvalue weighted by Crippen LogP contribution is 2.15. The van der Waals surface area contributed by atoms with E-state index < -0.39 is 0 Å². The third-order valence-corrected chi connectivity index (χ3v) is 2.37. The van der Waals surface area contributed by atoms with Crippen molar-refractivity contribution >= 4 is 24.0 Å². The highest BCUT2D eigenvalue weighted by Gasteiger charge is 2.01. The smallest absolute Gasteiger partial charge is 0.221 e. The molecule has 1 amide bonds. The van der Waals surface area contributed by atoms with Crippen molar-refractivity contribution in [3.63, 3.8) is 0 Å². The maximum Gasteiger partial charge on any atom is 0.221 e. The lowest BCUT2D eigenvalue weighted by Gasteiger charge is -2.05. The molecule has 0 saturated heterocycles. The molecule has 0 unspecified atom stereocenters. The summed E-state index contributed by atoms with van der Waals surface area (Å²) in [6.07, 6.45) is 2.74. The van der Waals surface area contributed by atoms with Crippen molar-refractivity contribution in [2.45, 2.75) is 20.8 Å². The lowest BCUT2D eigenvalue weighted by atomic mass is 10.0. The van der Waals surface area contributed by atoms with Gasteiger partial charge in [0.1, 0.15) is 6.29 Å². The van der Waals surface area contributed by atoms with Crippen LogP contribution in [-0.4, -0.2) is 12.2 Å². The van der Waals surface area contributed by atoms with Crippen LogP contribution < -0.4 is 5.32 Å². The van der Waals surface area contributed by atoms with Gasteiger partial charge in [0, 0.05) is 12.6 Å². The zero-order valence-electron chi connectivity index (χ0n) is 10.4. The van der Waals surface area contributed by atoms with E-state index in [1.54, 1.807) is 0 Å². The number of carbonyl (C=O) groups excluding carboxylic acids is 2. The summed E-state index contributed by atoms with van der Waals surface area (Å²) < 4.78 is 0. The Hall–Kier alpha value is -1.90. The van der Waals surface area contributed by atoms with E-state index in [9.17, 15) is 9.59 Å². The molecule has 1 rings (SSSR count). The fourth-order valence-electron chi connectivity index (χ4n) is 1.40. The first-order valence-electron chi connectivity index (χ1n) is 5.57. The summed E-state index contributed by atoms with van der Waals surface area (Å²) in [5.41, 5.74) is 2.47. The molecule has 0 aliphatic rings. The van der Waals surface area contributed by atoms with Crippen LogP contribution in [-0.2, 0) is 9.59 Å². The molecular weight excluding hydrogens is 214 g/mol. The lowest BCUT2D eigenvalue weighted by Crippen LogP contribution is -2.05. The fourth-order valence-corrected chi connectivity index (χ4v) is 1.40. The number of amides is 1. The molecule has 90 valence electrons. The number of anilines is 1. The molecular formula is C14H17NO2. The normalized spacial score (nSPS) is 11.4. The van der Waals surface area contributed by atoms with Gasteiger partial charge in [-0.15, -0.1) is 0 Å². The van der Waals surface area contributed by atoms with Crippen LogP contribution in [0.4, 0.5) is 5.69 Å². The van der Waals surface area contributed by atoms with E-state index in [2.05, 4.69) is 5.32 Å². The minimum Gasteiger partial charge on any atom is -0.326 e. The average Bonchev–Trinajstić information content (AvgIpc) is 2.26. The molecule has 0 aromatic heterocycles. The van der Waals surface area contributed by atoms with E-state index in [1.807, 2.05) is 44.2 Å². The molecule has 0 radical (unpaired) electrons. The van der Waals surface area contributed by atoms with Gasteiger partial charge in [0.25, 0.3) is 0 Å². The van der Waals surface area contributed by atoms with Crippen molar-refractivity contribution in [2.75, 3.05) is 5.32 Å². The molecule has 17 heavy (non-hydrogen) atoms. The topological polar surface area (TPSA) is 46.2 Å². The first-order valence-corrected chi connectivity index (χ1v) is 5.57. The van der Waals surface area contributed by atoms with Gasteiger partial charge in [0.2, 0.25) is 5.91 Å². The number of rotatable bonds is 4. The van der Waals surface area contributed by atoms with Crippen molar-refractivity contribution in [3.8, 4) is 0 Å². The van der Waals surface area contributed by atoms with Gasteiger partial charge in [0.05, 0.1) is 0 Å². The van der Waals surface area contributed by atoms with E-state index in [-0.39, 0.29) is 11.8 Å². The quantitative estimate of drug-likeness (QED) is 0.639. The third kappa shape index (κ3) is 4.23. The lowest BCUT2D eigenvalue weighted by molar-refractivity contribution is -0.114. The van der Waals surface area contributed by atoms with Crippen molar-refractivity contribution < 1.29 is 9.59 Å². The third-order valence-electron chi connectivity index (χ3n) is 2.37. The molecule has 3 heteroatoms. The van der Waals surface area contributed by atoms with Crippen LogP contribution in [0.15, 0.2) is 29.8 Å². The average molecular weight is 231 g/mol. The standard InChI is InChI=1S/C14H17NO2/c1-10(2)13(9-16)8-12-4-6-14(7-5-12)15-11(3)17/h4-10H,1-3H3,(H,15,17). The van der Waals surface area contributed by atoms with E-state index >= 15 is 0 Å². The second kappa shape index (κ2) is 5.99. The van der Waals surface area contributed by atoms with Gasteiger partial charge in [-0.2, -0.15) is 0 Å². The summed E-state index contributed by atoms with van der Waals surface area (Å²) in [5.74, 6) is 0.117. The Labute approximate surface area is 102 Å². The van der Waals surface area contributed by atoms with E-state index in [0.717, 1.165) is 23.1 Å². The highest BCUT2D eigenvalue weighted by atomic mass is 16.1. The molecule has 1 N–H and O–H groups in total. The SMILES string of the molecule is CC(=O)Nc1ccc(C=C(C=O)C(C)C)cc1. The number of hydrogen-bond acceptors (Lipinski definition) is 2. The van der Waals surface area contributed by atoms with Crippen molar-refractivity contribution in [3.05, 3.63) is 35.4 Å². The van der Waals surface area contributed by atoms with Crippen molar-refractivity contribution in [2.24, 2.45) is 5.92 Å². The highest BCUT2D eigenvalue weighted by molar-refractivity contribution is 5.89. The molecule has 1 aromatic rings. The fraction of sp³-hybridized carbons (Fsp3) is 0.286. The summed E-state index contributed by atoms with van der Waals surface area (Å²) in [7, 11) is 0. The number of aldehydes is 1. The molecule has 0 spiro atoms. The first kappa shape index (κ1) is 13.2. The Morgan fingerprint density at radius 1 is 1.24 bits per heavy atom. The first-order chi connectivity index (χ1) is 8.02. The molecule has 0 heterocycles. The maximum atomic E-state index is 10.8. The predicted octanol–water partition coefficient (Wildman–Crippen LogP) is 2.88. The van der Waals surface area contributed by atoms with Gasteiger partial charge < -0.3 is 5.32 Å². The Bertz CT molecular complexity index is 430. The van der Waals surface area contributed by atoms with E-state index in [0.29, 0.717) is 0 Å². The van der Waals surface area contributed by atoms with Crippen molar-refractivity contribution in [1.29, 1.82) is 0 Å². The van der Waals surface area contributed by atoms with Crippen LogP contribution >= 0.6 is 0 Å². The van der Waals surface area contributed by atoms with Gasteiger partial charge in [-0.05, 0) is 35.3 Å². The summed E-state index contributed by atoms with van der Waals surface area (Å²) in [6.45, 7) is 5.43. The minimum atomic E-state index is -0.0935. The predicted molar refractivity (Wildman–Crippen MR) is 69.6 cm³/mol. The van der Waals surface area contributed by atoms with E-state index in [1.165, 1.54) is 6.92 Å². The number of nitrogens with one attached hydrogen (secondary N) is 1. The largest absolute Gasteiger partial charge is 0.326 e. The number of allylic oxidation sites excluding steroid dienone is 1. The summed E-state index contributed by atoms with van der Waals surface area (Å²) >= 11 is 0. The Balaban J connectivity index is 2.87. The van der Waals surface area contributed by atoms with Crippen LogP contribution in [0.5, 0.6) is 0 Å². The van der Waals surface area contributed by atoms with Gasteiger partial charge in [-0.1, -0.05) is 26.0 Å². The maximum absolute atomic E-state index is 10.8. The molecule has 1 aromatic carbocycles. The Kier molecular flexibility index (Phi) is 4.64.